The third kappa shape index (κ3) is 5.16. The Morgan fingerprint density at radius 1 is 1.16 bits per heavy atom. The molecule has 1 saturated carbocycles. The second-order valence-electron chi connectivity index (χ2n) is 7.04. The fourth-order valence-electron chi connectivity index (χ4n) is 3.38. The van der Waals surface area contributed by atoms with E-state index in [4.69, 9.17) is 0 Å². The highest BCUT2D eigenvalue weighted by Gasteiger charge is 2.28. The van der Waals surface area contributed by atoms with Crippen molar-refractivity contribution >= 4 is 5.91 Å². The molecule has 2 N–H and O–H groups in total. The predicted molar refractivity (Wildman–Crippen MR) is 97.5 cm³/mol. The zero-order valence-electron chi connectivity index (χ0n) is 14.7. The van der Waals surface area contributed by atoms with Crippen molar-refractivity contribution in [2.24, 2.45) is 0 Å². The molecule has 0 unspecified atom stereocenters. The quantitative estimate of drug-likeness (QED) is 0.794. The van der Waals surface area contributed by atoms with Crippen molar-refractivity contribution in [3.8, 4) is 5.69 Å². The molecule has 1 aromatic heterocycles. The number of benzene rings is 1. The topological polar surface area (TPSA) is 67.2 Å². The third-order valence-corrected chi connectivity index (χ3v) is 4.95. The normalized spacial score (nSPS) is 17.0. The number of carbonyl (C=O) groups excluding carboxylic acids is 1. The van der Waals surface area contributed by atoms with Gasteiger partial charge in [-0.3, -0.25) is 4.79 Å². The summed E-state index contributed by atoms with van der Waals surface area (Å²) in [5, 5.41) is 17.9. The average molecular weight is 341 g/mol. The second kappa shape index (κ2) is 8.30. The third-order valence-electron chi connectivity index (χ3n) is 4.95. The van der Waals surface area contributed by atoms with Crippen LogP contribution >= 0.6 is 0 Å². The minimum atomic E-state index is -0.718. The number of rotatable bonds is 6. The molecule has 1 aliphatic carbocycles. The van der Waals surface area contributed by atoms with E-state index >= 15 is 0 Å². The molecule has 0 bridgehead atoms. The smallest absolute Gasteiger partial charge is 0.220 e. The van der Waals surface area contributed by atoms with E-state index in [1.54, 1.807) is 6.20 Å². The first-order valence-electron chi connectivity index (χ1n) is 9.23. The van der Waals surface area contributed by atoms with Gasteiger partial charge in [0.05, 0.1) is 17.5 Å². The molecule has 1 heterocycles. The van der Waals surface area contributed by atoms with Crippen LogP contribution in [0.3, 0.4) is 0 Å². The maximum atomic E-state index is 12.1. The van der Waals surface area contributed by atoms with E-state index in [1.807, 2.05) is 41.2 Å². The zero-order valence-corrected chi connectivity index (χ0v) is 14.7. The van der Waals surface area contributed by atoms with E-state index in [0.717, 1.165) is 36.9 Å². The highest BCUT2D eigenvalue weighted by atomic mass is 16.3. The summed E-state index contributed by atoms with van der Waals surface area (Å²) < 4.78 is 1.82. The van der Waals surface area contributed by atoms with Crippen LogP contribution in [0.5, 0.6) is 0 Å². The Bertz CT molecular complexity index is 673. The molecule has 1 amide bonds. The first kappa shape index (κ1) is 17.7. The maximum absolute atomic E-state index is 12.1. The Balaban J connectivity index is 1.45. The number of hydrogen-bond donors (Lipinski definition) is 2. The van der Waals surface area contributed by atoms with Gasteiger partial charge in [-0.05, 0) is 37.0 Å². The summed E-state index contributed by atoms with van der Waals surface area (Å²) >= 11 is 0. The highest BCUT2D eigenvalue weighted by Crippen LogP contribution is 2.26. The van der Waals surface area contributed by atoms with Gasteiger partial charge in [-0.25, -0.2) is 4.68 Å². The van der Waals surface area contributed by atoms with Crippen LogP contribution in [0.25, 0.3) is 5.69 Å². The summed E-state index contributed by atoms with van der Waals surface area (Å²) in [6.07, 6.45) is 10.9. The molecule has 134 valence electrons. The summed E-state index contributed by atoms with van der Waals surface area (Å²) in [5.74, 6) is -0.00914. The Kier molecular flexibility index (Phi) is 5.87. The molecule has 3 rings (SSSR count). The van der Waals surface area contributed by atoms with E-state index in [2.05, 4.69) is 10.4 Å². The lowest BCUT2D eigenvalue weighted by Gasteiger charge is -2.26. The first-order chi connectivity index (χ1) is 12.1. The molecule has 1 aliphatic rings. The van der Waals surface area contributed by atoms with E-state index in [9.17, 15) is 9.90 Å². The van der Waals surface area contributed by atoms with Gasteiger partial charge in [0.15, 0.2) is 0 Å². The Morgan fingerprint density at radius 2 is 1.88 bits per heavy atom. The van der Waals surface area contributed by atoms with Crippen molar-refractivity contribution in [1.82, 2.24) is 15.1 Å². The van der Waals surface area contributed by atoms with Crippen molar-refractivity contribution < 1.29 is 9.90 Å². The van der Waals surface area contributed by atoms with Gasteiger partial charge in [0.1, 0.15) is 0 Å². The summed E-state index contributed by atoms with van der Waals surface area (Å²) in [6.45, 7) is 0.370. The van der Waals surface area contributed by atoms with Crippen LogP contribution in [0.15, 0.2) is 42.7 Å². The predicted octanol–water partition coefficient (Wildman–Crippen LogP) is 3.01. The van der Waals surface area contributed by atoms with E-state index in [0.29, 0.717) is 19.4 Å². The van der Waals surface area contributed by atoms with Gasteiger partial charge in [-0.2, -0.15) is 5.10 Å². The highest BCUT2D eigenvalue weighted by molar-refractivity contribution is 5.76. The molecule has 0 atom stereocenters. The van der Waals surface area contributed by atoms with Crippen LogP contribution in [-0.2, 0) is 11.2 Å². The number of hydrogen-bond acceptors (Lipinski definition) is 3. The van der Waals surface area contributed by atoms with Gasteiger partial charge < -0.3 is 10.4 Å². The summed E-state index contributed by atoms with van der Waals surface area (Å²) in [5.41, 5.74) is 1.32. The van der Waals surface area contributed by atoms with Crippen LogP contribution in [0.4, 0.5) is 0 Å². The van der Waals surface area contributed by atoms with Gasteiger partial charge in [0, 0.05) is 19.2 Å². The van der Waals surface area contributed by atoms with E-state index < -0.39 is 5.60 Å². The van der Waals surface area contributed by atoms with Crippen molar-refractivity contribution in [3.05, 3.63) is 48.3 Å². The molecule has 5 heteroatoms. The number of aryl methyl sites for hydroxylation is 1. The minimum absolute atomic E-state index is 0.00914. The molecule has 2 aromatic rings. The van der Waals surface area contributed by atoms with Crippen molar-refractivity contribution in [3.63, 3.8) is 0 Å². The Hall–Kier alpha value is -2.14. The summed E-state index contributed by atoms with van der Waals surface area (Å²) in [7, 11) is 0. The number of aliphatic hydroxyl groups is 1. The molecule has 1 fully saturated rings. The molecule has 5 nitrogen and oxygen atoms in total. The maximum Gasteiger partial charge on any atom is 0.220 e. The van der Waals surface area contributed by atoms with E-state index in [-0.39, 0.29) is 5.91 Å². The minimum Gasteiger partial charge on any atom is -0.388 e. The van der Waals surface area contributed by atoms with Gasteiger partial charge >= 0.3 is 0 Å². The van der Waals surface area contributed by atoms with Crippen molar-refractivity contribution in [2.45, 2.75) is 57.0 Å². The number of nitrogens with zero attached hydrogens (tertiary/aromatic N) is 2. The Labute approximate surface area is 149 Å². The van der Waals surface area contributed by atoms with Gasteiger partial charge in [0.2, 0.25) is 5.91 Å². The molecular weight excluding hydrogens is 314 g/mol. The molecule has 1 aromatic carbocycles. The van der Waals surface area contributed by atoms with Crippen LogP contribution < -0.4 is 5.32 Å². The van der Waals surface area contributed by atoms with Gasteiger partial charge in [0.25, 0.3) is 0 Å². The summed E-state index contributed by atoms with van der Waals surface area (Å²) in [6, 6.07) is 9.92. The standard InChI is InChI=1S/C20H27N3O2/c24-19(21-16-20(25)12-6-1-2-7-13-20)11-10-17-14-22-23(15-17)18-8-4-3-5-9-18/h3-5,8-9,14-15,25H,1-2,6-7,10-13,16H2,(H,21,24). The number of carbonyl (C=O) groups is 1. The molecular formula is C20H27N3O2. The summed E-state index contributed by atoms with van der Waals surface area (Å²) in [4.78, 5) is 12.1. The number of aromatic nitrogens is 2. The lowest BCUT2D eigenvalue weighted by Crippen LogP contribution is -2.42. The molecule has 0 radical (unpaired) electrons. The van der Waals surface area contributed by atoms with E-state index in [1.165, 1.54) is 12.8 Å². The van der Waals surface area contributed by atoms with Gasteiger partial charge in [-0.15, -0.1) is 0 Å². The second-order valence-corrected chi connectivity index (χ2v) is 7.04. The molecule has 25 heavy (non-hydrogen) atoms. The lowest BCUT2D eigenvalue weighted by molar-refractivity contribution is -0.122. The molecule has 0 spiro atoms. The SMILES string of the molecule is O=C(CCc1cnn(-c2ccccc2)c1)NCC1(O)CCCCCC1. The number of para-hydroxylation sites is 1. The first-order valence-corrected chi connectivity index (χ1v) is 9.23. The number of amides is 1. The van der Waals surface area contributed by atoms with Gasteiger partial charge in [-0.1, -0.05) is 43.9 Å². The number of nitrogens with one attached hydrogen (secondary N) is 1. The van der Waals surface area contributed by atoms with Crippen LogP contribution in [0.2, 0.25) is 0 Å². The van der Waals surface area contributed by atoms with Crippen LogP contribution in [0, 0.1) is 0 Å². The zero-order chi connectivity index (χ0) is 17.5. The Morgan fingerprint density at radius 3 is 2.60 bits per heavy atom. The fourth-order valence-corrected chi connectivity index (χ4v) is 3.38. The average Bonchev–Trinajstić information content (AvgIpc) is 3.01. The van der Waals surface area contributed by atoms with Crippen molar-refractivity contribution in [1.29, 1.82) is 0 Å². The monoisotopic (exact) mass is 341 g/mol. The van der Waals surface area contributed by atoms with Crippen LogP contribution in [-0.4, -0.2) is 32.9 Å². The molecule has 0 saturated heterocycles. The lowest BCUT2D eigenvalue weighted by atomic mass is 9.94. The van der Waals surface area contributed by atoms with Crippen molar-refractivity contribution in [2.75, 3.05) is 6.54 Å². The molecule has 0 aliphatic heterocycles. The largest absolute Gasteiger partial charge is 0.388 e. The van der Waals surface area contributed by atoms with Crippen LogP contribution in [0.1, 0.15) is 50.5 Å². The fraction of sp³-hybridized carbons (Fsp3) is 0.500.